The van der Waals surface area contributed by atoms with Crippen LogP contribution in [0.1, 0.15) is 34.8 Å². The van der Waals surface area contributed by atoms with E-state index < -0.39 is 0 Å². The summed E-state index contributed by atoms with van der Waals surface area (Å²) in [5, 5.41) is 4.27. The molecule has 160 valence electrons. The van der Waals surface area contributed by atoms with Gasteiger partial charge in [-0.3, -0.25) is 14.3 Å². The third kappa shape index (κ3) is 3.39. The number of aryl methyl sites for hydroxylation is 1. The van der Waals surface area contributed by atoms with Gasteiger partial charge >= 0.3 is 5.69 Å². The number of hydrogen-bond donors (Lipinski definition) is 2. The molecule has 30 heavy (non-hydrogen) atoms. The van der Waals surface area contributed by atoms with E-state index >= 15 is 0 Å². The van der Waals surface area contributed by atoms with Crippen molar-refractivity contribution in [1.29, 1.82) is 0 Å². The summed E-state index contributed by atoms with van der Waals surface area (Å²) >= 11 is 1.45. The molecule has 0 saturated carbocycles. The molecule has 2 aromatic heterocycles. The fourth-order valence-electron chi connectivity index (χ4n) is 5.24. The Hall–Kier alpha value is -2.09. The second-order valence-electron chi connectivity index (χ2n) is 8.14. The van der Waals surface area contributed by atoms with Crippen LogP contribution in [0.5, 0.6) is 5.75 Å². The van der Waals surface area contributed by atoms with Crippen molar-refractivity contribution in [2.45, 2.75) is 44.7 Å². The van der Waals surface area contributed by atoms with Crippen LogP contribution in [0.2, 0.25) is 0 Å². The van der Waals surface area contributed by atoms with Gasteiger partial charge in [0.05, 0.1) is 12.5 Å². The Kier molecular flexibility index (Phi) is 5.79. The van der Waals surface area contributed by atoms with Crippen LogP contribution in [-0.2, 0) is 13.0 Å². The summed E-state index contributed by atoms with van der Waals surface area (Å²) in [6.45, 7) is 3.35. The van der Waals surface area contributed by atoms with Crippen LogP contribution in [0.25, 0.3) is 10.2 Å². The van der Waals surface area contributed by atoms with Crippen molar-refractivity contribution in [1.82, 2.24) is 14.9 Å². The number of nitrogens with one attached hydrogen (secondary N) is 2. The molecule has 1 aliphatic carbocycles. The van der Waals surface area contributed by atoms with Gasteiger partial charge in [0.1, 0.15) is 10.6 Å². The maximum absolute atomic E-state index is 12.8. The number of benzene rings is 1. The first-order valence-corrected chi connectivity index (χ1v) is 11.0. The zero-order valence-corrected chi connectivity index (χ0v) is 18.7. The number of ether oxygens (including phenoxy) is 1. The molecule has 8 heteroatoms. The molecule has 3 heterocycles. The first-order valence-electron chi connectivity index (χ1n) is 10.2. The quantitative estimate of drug-likeness (QED) is 0.644. The lowest BCUT2D eigenvalue weighted by atomic mass is 9.73. The molecule has 1 aromatic carbocycles. The monoisotopic (exact) mass is 447 g/mol. The second-order valence-corrected chi connectivity index (χ2v) is 9.40. The maximum atomic E-state index is 12.8. The van der Waals surface area contributed by atoms with Gasteiger partial charge in [-0.05, 0) is 61.9 Å². The third-order valence-electron chi connectivity index (χ3n) is 6.56. The third-order valence-corrected chi connectivity index (χ3v) is 7.52. The Balaban J connectivity index is 0.00000218. The van der Waals surface area contributed by atoms with E-state index in [2.05, 4.69) is 22.4 Å². The lowest BCUT2D eigenvalue weighted by molar-refractivity contribution is 0.371. The number of aromatic nitrogens is 2. The Morgan fingerprint density at radius 2 is 2.13 bits per heavy atom. The highest BCUT2D eigenvalue weighted by atomic mass is 35.5. The van der Waals surface area contributed by atoms with E-state index in [0.29, 0.717) is 28.6 Å². The standard InChI is InChI=1S/C22H25N3O3S.ClH/c1-12-10-16-20(29-12)24-22(27)25(21(16)26)9-8-17-19-13(11-23-17)6-7-14-15(19)4-3-5-18(14)28-2;/h3-5,10,13,17,19,23H,6-9,11H2,1-2H3,(H,24,27);1H/t13-,17?,19+;/m0./s1. The lowest BCUT2D eigenvalue weighted by Gasteiger charge is -2.32. The number of rotatable bonds is 4. The summed E-state index contributed by atoms with van der Waals surface area (Å²) in [6, 6.07) is 8.43. The van der Waals surface area contributed by atoms with Gasteiger partial charge in [-0.2, -0.15) is 0 Å². The molecule has 0 radical (unpaired) electrons. The van der Waals surface area contributed by atoms with Crippen LogP contribution in [0, 0.1) is 12.8 Å². The normalized spacial score (nSPS) is 22.4. The number of halogens is 1. The van der Waals surface area contributed by atoms with Gasteiger partial charge in [-0.25, -0.2) is 4.79 Å². The van der Waals surface area contributed by atoms with Crippen molar-refractivity contribution in [2.75, 3.05) is 13.7 Å². The van der Waals surface area contributed by atoms with E-state index in [9.17, 15) is 9.59 Å². The summed E-state index contributed by atoms with van der Waals surface area (Å²) in [5.41, 5.74) is 2.17. The summed E-state index contributed by atoms with van der Waals surface area (Å²) in [5.74, 6) is 1.96. The number of fused-ring (bicyclic) bond motifs is 4. The van der Waals surface area contributed by atoms with E-state index in [4.69, 9.17) is 4.74 Å². The molecule has 2 aliphatic rings. The van der Waals surface area contributed by atoms with Crippen molar-refractivity contribution < 1.29 is 4.74 Å². The first-order chi connectivity index (χ1) is 14.1. The van der Waals surface area contributed by atoms with Crippen LogP contribution in [-0.4, -0.2) is 29.2 Å². The Labute approximate surface area is 184 Å². The number of nitrogens with zero attached hydrogens (tertiary/aromatic N) is 1. The highest BCUT2D eigenvalue weighted by molar-refractivity contribution is 7.18. The lowest BCUT2D eigenvalue weighted by Crippen LogP contribution is -2.37. The minimum atomic E-state index is -0.315. The molecule has 2 N–H and O–H groups in total. The number of methoxy groups -OCH3 is 1. The average Bonchev–Trinajstić information content (AvgIpc) is 3.30. The minimum absolute atomic E-state index is 0. The molecule has 1 saturated heterocycles. The number of H-pyrrole nitrogens is 1. The number of hydrogen-bond acceptors (Lipinski definition) is 5. The molecule has 5 rings (SSSR count). The van der Waals surface area contributed by atoms with Gasteiger partial charge in [0, 0.05) is 23.4 Å². The molecule has 1 unspecified atom stereocenters. The van der Waals surface area contributed by atoms with Gasteiger partial charge in [-0.15, -0.1) is 23.7 Å². The largest absolute Gasteiger partial charge is 0.496 e. The molecule has 0 spiro atoms. The molecule has 6 nitrogen and oxygen atoms in total. The molecule has 0 bridgehead atoms. The molecular weight excluding hydrogens is 422 g/mol. The van der Waals surface area contributed by atoms with Crippen LogP contribution in [0.15, 0.2) is 33.9 Å². The predicted molar refractivity (Wildman–Crippen MR) is 123 cm³/mol. The smallest absolute Gasteiger partial charge is 0.329 e. The fourth-order valence-corrected chi connectivity index (χ4v) is 6.14. The summed E-state index contributed by atoms with van der Waals surface area (Å²) in [7, 11) is 1.73. The number of aromatic amines is 1. The molecular formula is C22H26ClN3O3S. The Bertz CT molecular complexity index is 1200. The van der Waals surface area contributed by atoms with E-state index in [1.54, 1.807) is 7.11 Å². The van der Waals surface area contributed by atoms with Crippen LogP contribution < -0.4 is 21.3 Å². The van der Waals surface area contributed by atoms with Crippen molar-refractivity contribution in [3.05, 3.63) is 61.1 Å². The van der Waals surface area contributed by atoms with Gasteiger partial charge in [0.2, 0.25) is 0 Å². The molecule has 3 aromatic rings. The summed E-state index contributed by atoms with van der Waals surface area (Å²) in [4.78, 5) is 29.9. The van der Waals surface area contributed by atoms with Gasteiger partial charge in [0.15, 0.2) is 0 Å². The van der Waals surface area contributed by atoms with Crippen LogP contribution in [0.4, 0.5) is 0 Å². The second kappa shape index (κ2) is 8.21. The van der Waals surface area contributed by atoms with E-state index in [1.165, 1.54) is 27.0 Å². The molecule has 3 atom stereocenters. The molecule has 1 fully saturated rings. The van der Waals surface area contributed by atoms with Gasteiger partial charge in [0.25, 0.3) is 5.56 Å². The van der Waals surface area contributed by atoms with E-state index in [0.717, 1.165) is 36.4 Å². The average molecular weight is 448 g/mol. The van der Waals surface area contributed by atoms with Crippen molar-refractivity contribution in [3.63, 3.8) is 0 Å². The van der Waals surface area contributed by atoms with Gasteiger partial charge < -0.3 is 10.1 Å². The maximum Gasteiger partial charge on any atom is 0.329 e. The number of thiophene rings is 1. The molecule has 1 aliphatic heterocycles. The Morgan fingerprint density at radius 1 is 1.30 bits per heavy atom. The predicted octanol–water partition coefficient (Wildman–Crippen LogP) is 3.20. The SMILES string of the molecule is COc1cccc2c1CC[C@H]1CNC(CCn3c(=O)[nH]c4sc(C)cc4c3=O)[C@@H]21.Cl. The van der Waals surface area contributed by atoms with E-state index in [1.807, 2.05) is 19.1 Å². The van der Waals surface area contributed by atoms with Crippen LogP contribution >= 0.6 is 23.7 Å². The van der Waals surface area contributed by atoms with Gasteiger partial charge in [-0.1, -0.05) is 12.1 Å². The van der Waals surface area contributed by atoms with Crippen LogP contribution in [0.3, 0.4) is 0 Å². The highest BCUT2D eigenvalue weighted by Gasteiger charge is 2.40. The van der Waals surface area contributed by atoms with Crippen molar-refractivity contribution in [2.24, 2.45) is 5.92 Å². The van der Waals surface area contributed by atoms with Crippen molar-refractivity contribution in [3.8, 4) is 5.75 Å². The van der Waals surface area contributed by atoms with Crippen molar-refractivity contribution >= 4 is 34.0 Å². The zero-order chi connectivity index (χ0) is 20.1. The highest BCUT2D eigenvalue weighted by Crippen LogP contribution is 2.45. The fraction of sp³-hybridized carbons (Fsp3) is 0.455. The summed E-state index contributed by atoms with van der Waals surface area (Å²) < 4.78 is 6.95. The summed E-state index contributed by atoms with van der Waals surface area (Å²) in [6.07, 6.45) is 2.93. The molecule has 0 amide bonds. The van der Waals surface area contributed by atoms with E-state index in [-0.39, 0.29) is 29.7 Å². The zero-order valence-electron chi connectivity index (χ0n) is 17.1. The topological polar surface area (TPSA) is 76.1 Å². The minimum Gasteiger partial charge on any atom is -0.496 e. The first kappa shape index (κ1) is 21.2. The Morgan fingerprint density at radius 3 is 2.93 bits per heavy atom.